The molecule has 2 heterocycles. The summed E-state index contributed by atoms with van der Waals surface area (Å²) in [5, 5.41) is 4.65. The average Bonchev–Trinajstić information content (AvgIpc) is 3.29. The van der Waals surface area contributed by atoms with Gasteiger partial charge in [-0.25, -0.2) is 15.0 Å². The second kappa shape index (κ2) is 6.26. The fourth-order valence-electron chi connectivity index (χ4n) is 1.87. The van der Waals surface area contributed by atoms with Crippen molar-refractivity contribution in [2.24, 2.45) is 0 Å². The molecule has 0 aromatic carbocycles. The molecule has 2 aromatic heterocycles. The van der Waals surface area contributed by atoms with E-state index in [0.29, 0.717) is 11.1 Å². The second-order valence-electron chi connectivity index (χ2n) is 4.99. The Morgan fingerprint density at radius 3 is 3.00 bits per heavy atom. The molecule has 7 heteroatoms. The van der Waals surface area contributed by atoms with Crippen LogP contribution in [0.4, 0.5) is 5.82 Å². The summed E-state index contributed by atoms with van der Waals surface area (Å²) < 4.78 is 0. The number of rotatable bonds is 6. The zero-order valence-corrected chi connectivity index (χ0v) is 12.6. The maximum Gasteiger partial charge on any atom is 0.251 e. The number of anilines is 1. The number of hydrogen-bond donors (Lipinski definition) is 2. The summed E-state index contributed by atoms with van der Waals surface area (Å²) in [5.74, 6) is 2.21. The smallest absolute Gasteiger partial charge is 0.251 e. The molecule has 1 aliphatic rings. The molecular formula is C14H17N5OS. The summed E-state index contributed by atoms with van der Waals surface area (Å²) in [6, 6.07) is 3.30. The van der Waals surface area contributed by atoms with Crippen molar-refractivity contribution in [2.45, 2.75) is 42.3 Å². The number of aromatic amines is 1. The molecule has 0 spiro atoms. The third kappa shape index (κ3) is 3.81. The van der Waals surface area contributed by atoms with Gasteiger partial charge < -0.3 is 10.3 Å². The highest BCUT2D eigenvalue weighted by molar-refractivity contribution is 7.99. The van der Waals surface area contributed by atoms with E-state index in [1.54, 1.807) is 0 Å². The Labute approximate surface area is 126 Å². The molecule has 2 N–H and O–H groups in total. The first-order valence-electron chi connectivity index (χ1n) is 7.10. The standard InChI is InChI=1S/C14H17N5OS/c1-2-6-15-10-8-12(19-13(17-10)9-3-4-9)21-14-16-7-5-11(20)18-14/h5,7-9H,2-4,6H2,1H3,(H,15,17,19)(H,16,18,20). The van der Waals surface area contributed by atoms with Crippen molar-refractivity contribution in [1.82, 2.24) is 19.9 Å². The highest BCUT2D eigenvalue weighted by Crippen LogP contribution is 2.39. The minimum Gasteiger partial charge on any atom is -0.370 e. The monoisotopic (exact) mass is 303 g/mol. The fraction of sp³-hybridized carbons (Fsp3) is 0.429. The molecule has 6 nitrogen and oxygen atoms in total. The molecule has 1 saturated carbocycles. The quantitative estimate of drug-likeness (QED) is 0.630. The first-order chi connectivity index (χ1) is 10.2. The van der Waals surface area contributed by atoms with Crippen molar-refractivity contribution in [3.05, 3.63) is 34.5 Å². The van der Waals surface area contributed by atoms with Gasteiger partial charge >= 0.3 is 0 Å². The highest BCUT2D eigenvalue weighted by Gasteiger charge is 2.27. The lowest BCUT2D eigenvalue weighted by Gasteiger charge is -2.08. The molecule has 21 heavy (non-hydrogen) atoms. The van der Waals surface area contributed by atoms with Crippen molar-refractivity contribution in [1.29, 1.82) is 0 Å². The van der Waals surface area contributed by atoms with Crippen LogP contribution in [-0.4, -0.2) is 26.5 Å². The van der Waals surface area contributed by atoms with Crippen molar-refractivity contribution >= 4 is 17.6 Å². The summed E-state index contributed by atoms with van der Waals surface area (Å²) in [4.78, 5) is 27.3. The normalized spacial score (nSPS) is 14.1. The van der Waals surface area contributed by atoms with E-state index >= 15 is 0 Å². The van der Waals surface area contributed by atoms with Gasteiger partial charge in [0.25, 0.3) is 5.56 Å². The van der Waals surface area contributed by atoms with Gasteiger partial charge in [-0.05, 0) is 31.0 Å². The summed E-state index contributed by atoms with van der Waals surface area (Å²) >= 11 is 1.35. The van der Waals surface area contributed by atoms with Gasteiger partial charge in [-0.3, -0.25) is 4.79 Å². The van der Waals surface area contributed by atoms with Crippen molar-refractivity contribution in [3.63, 3.8) is 0 Å². The number of aromatic nitrogens is 4. The molecule has 1 aliphatic carbocycles. The molecule has 0 amide bonds. The SMILES string of the molecule is CCCNc1cc(Sc2nccc(=O)[nH]2)nc(C2CC2)n1. The average molecular weight is 303 g/mol. The Bertz CT molecular complexity index is 683. The molecule has 0 radical (unpaired) electrons. The Hall–Kier alpha value is -1.89. The van der Waals surface area contributed by atoms with Crippen LogP contribution in [0, 0.1) is 0 Å². The number of nitrogens with zero attached hydrogens (tertiary/aromatic N) is 3. The van der Waals surface area contributed by atoms with E-state index in [2.05, 4.69) is 32.2 Å². The number of H-pyrrole nitrogens is 1. The summed E-state index contributed by atoms with van der Waals surface area (Å²) in [6.45, 7) is 3.00. The minimum atomic E-state index is -0.159. The molecule has 3 rings (SSSR count). The van der Waals surface area contributed by atoms with Gasteiger partial charge in [-0.1, -0.05) is 6.92 Å². The molecule has 0 bridgehead atoms. The van der Waals surface area contributed by atoms with Crippen LogP contribution in [0.5, 0.6) is 0 Å². The van der Waals surface area contributed by atoms with E-state index in [1.165, 1.54) is 24.0 Å². The van der Waals surface area contributed by atoms with Crippen LogP contribution in [-0.2, 0) is 0 Å². The fourth-order valence-corrected chi connectivity index (χ4v) is 2.64. The van der Waals surface area contributed by atoms with Crippen LogP contribution in [0.25, 0.3) is 0 Å². The summed E-state index contributed by atoms with van der Waals surface area (Å²) in [7, 11) is 0. The van der Waals surface area contributed by atoms with E-state index in [4.69, 9.17) is 0 Å². The zero-order valence-electron chi connectivity index (χ0n) is 11.8. The van der Waals surface area contributed by atoms with E-state index in [-0.39, 0.29) is 5.56 Å². The molecule has 0 unspecified atom stereocenters. The highest BCUT2D eigenvalue weighted by atomic mass is 32.2. The van der Waals surface area contributed by atoms with Gasteiger partial charge in [0, 0.05) is 30.8 Å². The Kier molecular flexibility index (Phi) is 4.19. The van der Waals surface area contributed by atoms with Crippen LogP contribution in [0.2, 0.25) is 0 Å². The molecule has 1 fully saturated rings. The predicted molar refractivity (Wildman–Crippen MR) is 81.8 cm³/mol. The van der Waals surface area contributed by atoms with Crippen LogP contribution in [0.15, 0.2) is 33.3 Å². The van der Waals surface area contributed by atoms with Crippen LogP contribution in [0.1, 0.15) is 37.9 Å². The topological polar surface area (TPSA) is 83.6 Å². The Balaban J connectivity index is 1.85. The first kappa shape index (κ1) is 14.1. The Morgan fingerprint density at radius 2 is 2.29 bits per heavy atom. The lowest BCUT2D eigenvalue weighted by Crippen LogP contribution is -2.07. The van der Waals surface area contributed by atoms with Gasteiger partial charge in [0.05, 0.1) is 0 Å². The van der Waals surface area contributed by atoms with E-state index in [0.717, 1.165) is 42.5 Å². The van der Waals surface area contributed by atoms with E-state index in [9.17, 15) is 4.79 Å². The van der Waals surface area contributed by atoms with Crippen LogP contribution >= 0.6 is 11.8 Å². The lowest BCUT2D eigenvalue weighted by atomic mass is 10.4. The van der Waals surface area contributed by atoms with Crippen molar-refractivity contribution in [3.8, 4) is 0 Å². The van der Waals surface area contributed by atoms with Crippen molar-refractivity contribution < 1.29 is 0 Å². The first-order valence-corrected chi connectivity index (χ1v) is 7.92. The minimum absolute atomic E-state index is 0.159. The largest absolute Gasteiger partial charge is 0.370 e. The van der Waals surface area contributed by atoms with Crippen LogP contribution in [0.3, 0.4) is 0 Å². The Morgan fingerprint density at radius 1 is 1.43 bits per heavy atom. The maximum atomic E-state index is 11.3. The lowest BCUT2D eigenvalue weighted by molar-refractivity contribution is 0.863. The summed E-state index contributed by atoms with van der Waals surface area (Å²) in [6.07, 6.45) is 4.85. The van der Waals surface area contributed by atoms with Gasteiger partial charge in [-0.15, -0.1) is 0 Å². The molecular weight excluding hydrogens is 286 g/mol. The van der Waals surface area contributed by atoms with Crippen molar-refractivity contribution in [2.75, 3.05) is 11.9 Å². The molecule has 0 saturated heterocycles. The predicted octanol–water partition coefficient (Wildman–Crippen LogP) is 2.41. The van der Waals surface area contributed by atoms with Gasteiger partial charge in [-0.2, -0.15) is 0 Å². The van der Waals surface area contributed by atoms with E-state index < -0.39 is 0 Å². The maximum absolute atomic E-state index is 11.3. The van der Waals surface area contributed by atoms with Crippen LogP contribution < -0.4 is 10.9 Å². The second-order valence-corrected chi connectivity index (χ2v) is 6.00. The number of nitrogens with one attached hydrogen (secondary N) is 2. The molecule has 2 aromatic rings. The summed E-state index contributed by atoms with van der Waals surface area (Å²) in [5.41, 5.74) is -0.159. The van der Waals surface area contributed by atoms with Gasteiger partial charge in [0.15, 0.2) is 5.16 Å². The molecule has 110 valence electrons. The van der Waals surface area contributed by atoms with Gasteiger partial charge in [0.1, 0.15) is 16.7 Å². The third-order valence-corrected chi connectivity index (χ3v) is 3.89. The molecule has 0 atom stereocenters. The zero-order chi connectivity index (χ0) is 14.7. The van der Waals surface area contributed by atoms with Gasteiger partial charge in [0.2, 0.25) is 0 Å². The molecule has 0 aliphatic heterocycles. The number of hydrogen-bond acceptors (Lipinski definition) is 6. The van der Waals surface area contributed by atoms with E-state index in [1.807, 2.05) is 6.07 Å². The third-order valence-electron chi connectivity index (χ3n) is 3.07.